The molecule has 1 amide bonds. The Labute approximate surface area is 133 Å². The number of rotatable bonds is 8. The van der Waals surface area contributed by atoms with E-state index in [4.69, 9.17) is 0 Å². The third kappa shape index (κ3) is 5.17. The van der Waals surface area contributed by atoms with Crippen LogP contribution in [0.3, 0.4) is 0 Å². The number of carbonyl (C=O) groups is 2. The highest BCUT2D eigenvalue weighted by atomic mass is 16.4. The van der Waals surface area contributed by atoms with Gasteiger partial charge in [0.25, 0.3) is 0 Å². The third-order valence-corrected chi connectivity index (χ3v) is 3.76. The van der Waals surface area contributed by atoms with Crippen molar-refractivity contribution in [1.82, 2.24) is 4.90 Å². The molecular weight excluding hydrogens is 278 g/mol. The van der Waals surface area contributed by atoms with Gasteiger partial charge in [0.1, 0.15) is 6.04 Å². The van der Waals surface area contributed by atoms with Gasteiger partial charge in [-0.15, -0.1) is 0 Å². The van der Waals surface area contributed by atoms with Crippen molar-refractivity contribution in [3.8, 4) is 0 Å². The number of amides is 1. The van der Waals surface area contributed by atoms with Crippen molar-refractivity contribution >= 4 is 11.9 Å². The summed E-state index contributed by atoms with van der Waals surface area (Å²) in [4.78, 5) is 25.6. The quantitative estimate of drug-likeness (QED) is 0.798. The van der Waals surface area contributed by atoms with Crippen LogP contribution in [0.4, 0.5) is 0 Å². The first kappa shape index (κ1) is 18.2. The van der Waals surface area contributed by atoms with Crippen LogP contribution in [0, 0.1) is 12.8 Å². The highest BCUT2D eigenvalue weighted by Gasteiger charge is 2.31. The number of carbonyl (C=O) groups excluding carboxylic acids is 1. The smallest absolute Gasteiger partial charge is 0.326 e. The molecule has 0 bridgehead atoms. The Hall–Kier alpha value is -1.84. The molecule has 122 valence electrons. The van der Waals surface area contributed by atoms with Crippen molar-refractivity contribution in [2.24, 2.45) is 5.92 Å². The standard InChI is InChI=1S/C18H27NO3/c1-5-6-7-16(20)19(17(13(2)3)18(21)22)12-15-10-8-14(4)9-11-15/h8-11,13,17H,5-7,12H2,1-4H3,(H,21,22). The van der Waals surface area contributed by atoms with Gasteiger partial charge in [-0.1, -0.05) is 57.0 Å². The van der Waals surface area contributed by atoms with E-state index in [1.54, 1.807) is 0 Å². The molecule has 1 atom stereocenters. The van der Waals surface area contributed by atoms with Crippen LogP contribution >= 0.6 is 0 Å². The molecule has 1 aromatic rings. The summed E-state index contributed by atoms with van der Waals surface area (Å²) >= 11 is 0. The molecule has 4 heteroatoms. The molecule has 1 unspecified atom stereocenters. The lowest BCUT2D eigenvalue weighted by molar-refractivity contribution is -0.153. The lowest BCUT2D eigenvalue weighted by atomic mass is 10.0. The average molecular weight is 305 g/mol. The SMILES string of the molecule is CCCCC(=O)N(Cc1ccc(C)cc1)C(C(=O)O)C(C)C. The van der Waals surface area contributed by atoms with E-state index in [0.717, 1.165) is 24.0 Å². The summed E-state index contributed by atoms with van der Waals surface area (Å²) in [6.07, 6.45) is 2.11. The molecule has 4 nitrogen and oxygen atoms in total. The summed E-state index contributed by atoms with van der Waals surface area (Å²) in [5, 5.41) is 9.52. The number of unbranched alkanes of at least 4 members (excludes halogenated alkanes) is 1. The summed E-state index contributed by atoms with van der Waals surface area (Å²) < 4.78 is 0. The number of aliphatic carboxylic acids is 1. The maximum Gasteiger partial charge on any atom is 0.326 e. The Balaban J connectivity index is 3.01. The largest absolute Gasteiger partial charge is 0.480 e. The van der Waals surface area contributed by atoms with Gasteiger partial charge in [-0.3, -0.25) is 4.79 Å². The van der Waals surface area contributed by atoms with Crippen LogP contribution in [0.2, 0.25) is 0 Å². The first-order valence-corrected chi connectivity index (χ1v) is 7.94. The summed E-state index contributed by atoms with van der Waals surface area (Å²) in [5.41, 5.74) is 2.11. The number of nitrogens with zero attached hydrogens (tertiary/aromatic N) is 1. The summed E-state index contributed by atoms with van der Waals surface area (Å²) in [7, 11) is 0. The molecule has 0 radical (unpaired) electrons. The minimum absolute atomic E-state index is 0.0801. The van der Waals surface area contributed by atoms with E-state index in [1.807, 2.05) is 52.0 Å². The molecule has 0 fully saturated rings. The number of carboxylic acids is 1. The Morgan fingerprint density at radius 2 is 1.77 bits per heavy atom. The summed E-state index contributed by atoms with van der Waals surface area (Å²) in [6.45, 7) is 8.05. The predicted molar refractivity (Wildman–Crippen MR) is 87.5 cm³/mol. The van der Waals surface area contributed by atoms with Gasteiger partial charge < -0.3 is 10.0 Å². The second-order valence-electron chi connectivity index (χ2n) is 6.14. The third-order valence-electron chi connectivity index (χ3n) is 3.76. The minimum Gasteiger partial charge on any atom is -0.480 e. The highest BCUT2D eigenvalue weighted by molar-refractivity contribution is 5.83. The van der Waals surface area contributed by atoms with Gasteiger partial charge in [0.05, 0.1) is 0 Å². The second kappa shape index (κ2) is 8.57. The molecule has 22 heavy (non-hydrogen) atoms. The van der Waals surface area contributed by atoms with E-state index in [9.17, 15) is 14.7 Å². The molecule has 1 aromatic carbocycles. The van der Waals surface area contributed by atoms with E-state index in [-0.39, 0.29) is 11.8 Å². The fraction of sp³-hybridized carbons (Fsp3) is 0.556. The minimum atomic E-state index is -0.938. The molecule has 0 saturated carbocycles. The van der Waals surface area contributed by atoms with Gasteiger partial charge in [-0.2, -0.15) is 0 Å². The topological polar surface area (TPSA) is 57.6 Å². The van der Waals surface area contributed by atoms with Crippen LogP contribution in [-0.2, 0) is 16.1 Å². The zero-order valence-electron chi connectivity index (χ0n) is 14.0. The van der Waals surface area contributed by atoms with Gasteiger partial charge in [-0.05, 0) is 24.8 Å². The van der Waals surface area contributed by atoms with E-state index in [2.05, 4.69) is 0 Å². The van der Waals surface area contributed by atoms with Gasteiger partial charge in [0, 0.05) is 13.0 Å². The molecule has 0 aliphatic heterocycles. The molecule has 0 aromatic heterocycles. The van der Waals surface area contributed by atoms with Crippen LogP contribution in [-0.4, -0.2) is 27.9 Å². The lowest BCUT2D eigenvalue weighted by Crippen LogP contribution is -2.47. The number of hydrogen-bond acceptors (Lipinski definition) is 2. The van der Waals surface area contributed by atoms with Crippen LogP contribution in [0.5, 0.6) is 0 Å². The van der Waals surface area contributed by atoms with Crippen molar-refractivity contribution in [3.05, 3.63) is 35.4 Å². The predicted octanol–water partition coefficient (Wildman–Crippen LogP) is 3.62. The maximum atomic E-state index is 12.5. The van der Waals surface area contributed by atoms with E-state index >= 15 is 0 Å². The van der Waals surface area contributed by atoms with Gasteiger partial charge in [0.15, 0.2) is 0 Å². The number of carboxylic acid groups (broad SMARTS) is 1. The Morgan fingerprint density at radius 1 is 1.18 bits per heavy atom. The van der Waals surface area contributed by atoms with E-state index in [0.29, 0.717) is 13.0 Å². The molecule has 0 aliphatic carbocycles. The maximum absolute atomic E-state index is 12.5. The molecule has 0 heterocycles. The fourth-order valence-corrected chi connectivity index (χ4v) is 2.48. The van der Waals surface area contributed by atoms with E-state index < -0.39 is 12.0 Å². The van der Waals surface area contributed by atoms with Crippen molar-refractivity contribution in [1.29, 1.82) is 0 Å². The van der Waals surface area contributed by atoms with Crippen molar-refractivity contribution in [2.45, 2.75) is 59.5 Å². The molecule has 1 rings (SSSR count). The molecule has 0 aliphatic rings. The van der Waals surface area contributed by atoms with Gasteiger partial charge >= 0.3 is 5.97 Å². The molecule has 0 spiro atoms. The molecule has 1 N–H and O–H groups in total. The van der Waals surface area contributed by atoms with Crippen LogP contribution in [0.25, 0.3) is 0 Å². The molecule has 0 saturated heterocycles. The first-order valence-electron chi connectivity index (χ1n) is 7.94. The lowest BCUT2D eigenvalue weighted by Gasteiger charge is -2.31. The average Bonchev–Trinajstić information content (AvgIpc) is 2.45. The van der Waals surface area contributed by atoms with Gasteiger partial charge in [0.2, 0.25) is 5.91 Å². The fourth-order valence-electron chi connectivity index (χ4n) is 2.48. The number of hydrogen-bond donors (Lipinski definition) is 1. The van der Waals surface area contributed by atoms with Crippen LogP contribution in [0.15, 0.2) is 24.3 Å². The van der Waals surface area contributed by atoms with Crippen LogP contribution < -0.4 is 0 Å². The van der Waals surface area contributed by atoms with Crippen molar-refractivity contribution in [3.63, 3.8) is 0 Å². The van der Waals surface area contributed by atoms with E-state index in [1.165, 1.54) is 4.90 Å². The Kier molecular flexibility index (Phi) is 7.09. The number of aryl methyl sites for hydroxylation is 1. The number of benzene rings is 1. The Morgan fingerprint density at radius 3 is 2.23 bits per heavy atom. The first-order chi connectivity index (χ1) is 10.4. The van der Waals surface area contributed by atoms with Gasteiger partial charge in [-0.25, -0.2) is 4.79 Å². The monoisotopic (exact) mass is 305 g/mol. The summed E-state index contributed by atoms with van der Waals surface area (Å²) in [5.74, 6) is -1.15. The second-order valence-corrected chi connectivity index (χ2v) is 6.14. The van der Waals surface area contributed by atoms with Crippen molar-refractivity contribution in [2.75, 3.05) is 0 Å². The zero-order valence-corrected chi connectivity index (χ0v) is 14.0. The Bertz CT molecular complexity index is 494. The molecular formula is C18H27NO3. The summed E-state index contributed by atoms with van der Waals surface area (Å²) in [6, 6.07) is 7.08. The normalized spacial score (nSPS) is 12.2. The van der Waals surface area contributed by atoms with Crippen molar-refractivity contribution < 1.29 is 14.7 Å². The zero-order chi connectivity index (χ0) is 16.7. The highest BCUT2D eigenvalue weighted by Crippen LogP contribution is 2.18. The van der Waals surface area contributed by atoms with Crippen LogP contribution in [0.1, 0.15) is 51.2 Å².